The molecule has 0 unspecified atom stereocenters. The first-order chi connectivity index (χ1) is 15.2. The summed E-state index contributed by atoms with van der Waals surface area (Å²) >= 11 is 0. The van der Waals surface area contributed by atoms with Crippen molar-refractivity contribution in [3.63, 3.8) is 0 Å². The fourth-order valence-electron chi connectivity index (χ4n) is 5.00. The van der Waals surface area contributed by atoms with E-state index in [0.717, 1.165) is 36.3 Å². The van der Waals surface area contributed by atoms with Gasteiger partial charge in [-0.05, 0) is 67.9 Å². The second-order valence-corrected chi connectivity index (χ2v) is 8.40. The van der Waals surface area contributed by atoms with Crippen LogP contribution >= 0.6 is 9.03 Å². The lowest BCUT2D eigenvalue weighted by Gasteiger charge is -2.30. The molecule has 0 N–H and O–H groups in total. The van der Waals surface area contributed by atoms with Crippen molar-refractivity contribution in [1.82, 2.24) is 15.0 Å². The van der Waals surface area contributed by atoms with Crippen LogP contribution in [0, 0.1) is 0 Å². The van der Waals surface area contributed by atoms with E-state index in [1.807, 2.05) is 16.9 Å². The van der Waals surface area contributed by atoms with Gasteiger partial charge in [0, 0.05) is 11.0 Å². The molecule has 0 saturated carbocycles. The zero-order valence-electron chi connectivity index (χ0n) is 17.8. The molecule has 1 aliphatic carbocycles. The van der Waals surface area contributed by atoms with Crippen LogP contribution in [0.25, 0.3) is 22.4 Å². The first kappa shape index (κ1) is 19.8. The summed E-state index contributed by atoms with van der Waals surface area (Å²) in [5.74, 6) is 0. The number of benzene rings is 3. The van der Waals surface area contributed by atoms with Crippen molar-refractivity contribution in [3.8, 4) is 22.4 Å². The molecule has 4 aromatic rings. The third-order valence-electron chi connectivity index (χ3n) is 6.70. The average molecular weight is 424 g/mol. The molecule has 0 aliphatic heterocycles. The SMILES string of the molecule is CCC1(CC)c2cc(N=P)ccc2-c2ccc(-c3cn(Cc4ccccc4)nn3)cc21. The van der Waals surface area contributed by atoms with E-state index in [1.165, 1.54) is 27.8 Å². The fourth-order valence-corrected chi connectivity index (χ4v) is 5.14. The van der Waals surface area contributed by atoms with Crippen LogP contribution in [0.3, 0.4) is 0 Å². The molecule has 3 aromatic carbocycles. The van der Waals surface area contributed by atoms with E-state index in [4.69, 9.17) is 0 Å². The Labute approximate surface area is 185 Å². The molecule has 0 amide bonds. The van der Waals surface area contributed by atoms with Gasteiger partial charge in [-0.3, -0.25) is 0 Å². The van der Waals surface area contributed by atoms with E-state index in [2.05, 4.69) is 98.6 Å². The summed E-state index contributed by atoms with van der Waals surface area (Å²) in [5, 5.41) is 8.84. The Balaban J connectivity index is 1.56. The van der Waals surface area contributed by atoms with Gasteiger partial charge in [0.05, 0.1) is 18.4 Å². The number of hydrogen-bond acceptors (Lipinski definition) is 3. The standard InChI is InChI=1S/C26H25N4P/c1-3-26(4-2)23-14-19(10-12-21(23)22-13-11-20(28-31)15-24(22)26)25-17-30(29-27-25)16-18-8-6-5-7-9-18/h5-15,17,31H,3-4,16H2,1-2H3. The molecule has 0 radical (unpaired) electrons. The summed E-state index contributed by atoms with van der Waals surface area (Å²) in [6.45, 7) is 5.28. The number of nitrogens with zero attached hydrogens (tertiary/aromatic N) is 4. The molecular weight excluding hydrogens is 399 g/mol. The van der Waals surface area contributed by atoms with Crippen LogP contribution < -0.4 is 0 Å². The maximum atomic E-state index is 4.48. The molecule has 1 heterocycles. The summed E-state index contributed by atoms with van der Waals surface area (Å²) in [6, 6.07) is 23.6. The van der Waals surface area contributed by atoms with Gasteiger partial charge in [0.1, 0.15) is 5.69 Å². The molecule has 4 nitrogen and oxygen atoms in total. The second kappa shape index (κ2) is 7.86. The molecule has 154 valence electrons. The lowest BCUT2D eigenvalue weighted by Crippen LogP contribution is -2.23. The molecule has 5 heteroatoms. The predicted molar refractivity (Wildman–Crippen MR) is 128 cm³/mol. The van der Waals surface area contributed by atoms with E-state index >= 15 is 0 Å². The number of fused-ring (bicyclic) bond motifs is 3. The van der Waals surface area contributed by atoms with Crippen molar-refractivity contribution in [2.24, 2.45) is 4.74 Å². The fraction of sp³-hybridized carbons (Fsp3) is 0.231. The largest absolute Gasteiger partial charge is 0.247 e. The van der Waals surface area contributed by atoms with Gasteiger partial charge in [-0.25, -0.2) is 9.43 Å². The van der Waals surface area contributed by atoms with Crippen LogP contribution in [0.2, 0.25) is 0 Å². The highest BCUT2D eigenvalue weighted by Gasteiger charge is 2.40. The van der Waals surface area contributed by atoms with Crippen LogP contribution in [0.4, 0.5) is 5.69 Å². The second-order valence-electron chi connectivity index (χ2n) is 8.18. The summed E-state index contributed by atoms with van der Waals surface area (Å²) in [5.41, 5.74) is 9.58. The van der Waals surface area contributed by atoms with Crippen molar-refractivity contribution >= 4 is 14.7 Å². The van der Waals surface area contributed by atoms with Gasteiger partial charge < -0.3 is 0 Å². The van der Waals surface area contributed by atoms with Crippen molar-refractivity contribution in [3.05, 3.63) is 89.6 Å². The van der Waals surface area contributed by atoms with Crippen molar-refractivity contribution in [1.29, 1.82) is 0 Å². The number of rotatable bonds is 6. The Morgan fingerprint density at radius 1 is 0.903 bits per heavy atom. The lowest BCUT2D eigenvalue weighted by molar-refractivity contribution is 0.490. The summed E-state index contributed by atoms with van der Waals surface area (Å²) in [6.07, 6.45) is 4.12. The first-order valence-electron chi connectivity index (χ1n) is 10.8. The van der Waals surface area contributed by atoms with E-state index in [9.17, 15) is 0 Å². The first-order valence-corrected chi connectivity index (χ1v) is 11.2. The van der Waals surface area contributed by atoms with Crippen molar-refractivity contribution < 1.29 is 0 Å². The normalized spacial score (nSPS) is 13.6. The van der Waals surface area contributed by atoms with Gasteiger partial charge in [0.2, 0.25) is 0 Å². The summed E-state index contributed by atoms with van der Waals surface area (Å²) < 4.78 is 6.14. The summed E-state index contributed by atoms with van der Waals surface area (Å²) in [4.78, 5) is 0. The highest BCUT2D eigenvalue weighted by molar-refractivity contribution is 7.04. The maximum Gasteiger partial charge on any atom is 0.113 e. The predicted octanol–water partition coefficient (Wildman–Crippen LogP) is 7.04. The van der Waals surface area contributed by atoms with Crippen molar-refractivity contribution in [2.45, 2.75) is 38.6 Å². The lowest BCUT2D eigenvalue weighted by atomic mass is 9.73. The van der Waals surface area contributed by atoms with Gasteiger partial charge in [-0.2, -0.15) is 0 Å². The molecule has 0 atom stereocenters. The third kappa shape index (κ3) is 3.23. The Bertz CT molecular complexity index is 1260. The minimum atomic E-state index is -0.00632. The van der Waals surface area contributed by atoms with Crippen molar-refractivity contribution in [2.75, 3.05) is 0 Å². The molecule has 31 heavy (non-hydrogen) atoms. The Hall–Kier alpha value is -3.10. The van der Waals surface area contributed by atoms with Gasteiger partial charge in [-0.15, -0.1) is 5.10 Å². The zero-order valence-corrected chi connectivity index (χ0v) is 18.8. The van der Waals surface area contributed by atoms with Crippen LogP contribution in [0.15, 0.2) is 77.7 Å². The van der Waals surface area contributed by atoms with Gasteiger partial charge in [0.15, 0.2) is 0 Å². The molecule has 0 spiro atoms. The Morgan fingerprint density at radius 3 is 2.32 bits per heavy atom. The van der Waals surface area contributed by atoms with Crippen LogP contribution in [-0.4, -0.2) is 15.0 Å². The zero-order chi connectivity index (χ0) is 21.4. The average Bonchev–Trinajstić information content (AvgIpc) is 3.39. The minimum absolute atomic E-state index is 0.00632. The smallest absolute Gasteiger partial charge is 0.113 e. The number of aromatic nitrogens is 3. The van der Waals surface area contributed by atoms with Crippen LogP contribution in [-0.2, 0) is 12.0 Å². The molecule has 1 aliphatic rings. The van der Waals surface area contributed by atoms with E-state index in [-0.39, 0.29) is 5.41 Å². The Kier molecular flexibility index (Phi) is 5.03. The Morgan fingerprint density at radius 2 is 1.61 bits per heavy atom. The quantitative estimate of drug-likeness (QED) is 0.312. The topological polar surface area (TPSA) is 43.1 Å². The maximum absolute atomic E-state index is 4.48. The molecule has 1 aromatic heterocycles. The highest BCUT2D eigenvalue weighted by atomic mass is 31.0. The molecule has 0 saturated heterocycles. The molecular formula is C26H25N4P. The summed E-state index contributed by atoms with van der Waals surface area (Å²) in [7, 11) is 3.31. The van der Waals surface area contributed by atoms with E-state index in [0.29, 0.717) is 0 Å². The molecule has 5 rings (SSSR count). The monoisotopic (exact) mass is 424 g/mol. The van der Waals surface area contributed by atoms with Gasteiger partial charge in [0.25, 0.3) is 0 Å². The molecule has 0 bridgehead atoms. The van der Waals surface area contributed by atoms with Gasteiger partial charge in [-0.1, -0.05) is 67.6 Å². The number of hydrogen-bond donors (Lipinski definition) is 0. The van der Waals surface area contributed by atoms with Gasteiger partial charge >= 0.3 is 0 Å². The van der Waals surface area contributed by atoms with E-state index in [1.54, 1.807) is 0 Å². The molecule has 0 fully saturated rings. The van der Waals surface area contributed by atoms with Crippen LogP contribution in [0.1, 0.15) is 43.4 Å². The minimum Gasteiger partial charge on any atom is -0.247 e. The van der Waals surface area contributed by atoms with E-state index < -0.39 is 0 Å². The van der Waals surface area contributed by atoms with Crippen LogP contribution in [0.5, 0.6) is 0 Å². The third-order valence-corrected chi connectivity index (χ3v) is 6.96. The highest BCUT2D eigenvalue weighted by Crippen LogP contribution is 2.54.